The second-order valence-electron chi connectivity index (χ2n) is 6.98. The lowest BCUT2D eigenvalue weighted by Crippen LogP contribution is -2.31. The molecule has 10 nitrogen and oxygen atoms in total. The lowest BCUT2D eigenvalue weighted by molar-refractivity contribution is 0.0453. The number of aryl methyl sites for hydroxylation is 2. The van der Waals surface area contributed by atoms with E-state index < -0.39 is 17.2 Å². The van der Waals surface area contributed by atoms with Crippen LogP contribution in [0.2, 0.25) is 0 Å². The van der Waals surface area contributed by atoms with Crippen LogP contribution in [0.25, 0.3) is 11.2 Å². The number of carbonyl (C=O) groups is 1. The third kappa shape index (κ3) is 4.68. The number of unbranched alkanes of at least 4 members (excludes halogenated alkanes) is 1. The standard InChI is InChI=1S/C21H27N5O5/c1-4-7-12-26-17-16(18(27)24-21(26)29)25(11-5-2)15(23-17)13-31-20(28)14-9-8-10-22-19(14)30-6-3/h8-10H,4-7,11-13H2,1-3H3,(H,24,27,29). The van der Waals surface area contributed by atoms with Crippen molar-refractivity contribution < 1.29 is 14.3 Å². The number of hydrogen-bond donors (Lipinski definition) is 1. The summed E-state index contributed by atoms with van der Waals surface area (Å²) in [6.45, 7) is 6.92. The van der Waals surface area contributed by atoms with Gasteiger partial charge in [0, 0.05) is 19.3 Å². The zero-order chi connectivity index (χ0) is 22.4. The van der Waals surface area contributed by atoms with Gasteiger partial charge < -0.3 is 14.0 Å². The minimum atomic E-state index is -0.607. The molecule has 0 saturated carbocycles. The number of carbonyl (C=O) groups excluding carboxylic acids is 1. The Bertz CT molecular complexity index is 1180. The molecule has 3 rings (SSSR count). The summed E-state index contributed by atoms with van der Waals surface area (Å²) in [5, 5.41) is 0. The molecule has 0 aromatic carbocycles. The van der Waals surface area contributed by atoms with E-state index in [4.69, 9.17) is 9.47 Å². The SMILES string of the molecule is CCCCn1c(=O)[nH]c(=O)c2c1nc(COC(=O)c1cccnc1OCC)n2CCC. The zero-order valence-corrected chi connectivity index (χ0v) is 18.0. The van der Waals surface area contributed by atoms with E-state index in [-0.39, 0.29) is 18.1 Å². The van der Waals surface area contributed by atoms with E-state index in [0.717, 1.165) is 19.3 Å². The van der Waals surface area contributed by atoms with Gasteiger partial charge in [0.25, 0.3) is 5.56 Å². The number of esters is 1. The number of fused-ring (bicyclic) bond motifs is 1. The summed E-state index contributed by atoms with van der Waals surface area (Å²) in [6.07, 6.45) is 3.93. The van der Waals surface area contributed by atoms with Crippen molar-refractivity contribution in [1.29, 1.82) is 0 Å². The van der Waals surface area contributed by atoms with Crippen LogP contribution < -0.4 is 16.0 Å². The first kappa shape index (κ1) is 22.3. The number of ether oxygens (including phenoxy) is 2. The molecule has 0 atom stereocenters. The summed E-state index contributed by atoms with van der Waals surface area (Å²) in [7, 11) is 0. The fourth-order valence-corrected chi connectivity index (χ4v) is 3.32. The van der Waals surface area contributed by atoms with Crippen molar-refractivity contribution in [1.82, 2.24) is 24.1 Å². The largest absolute Gasteiger partial charge is 0.477 e. The molecule has 0 aliphatic rings. The molecule has 0 bridgehead atoms. The van der Waals surface area contributed by atoms with E-state index in [9.17, 15) is 14.4 Å². The molecule has 0 spiro atoms. The summed E-state index contributed by atoms with van der Waals surface area (Å²) in [6, 6.07) is 3.19. The van der Waals surface area contributed by atoms with Crippen LogP contribution >= 0.6 is 0 Å². The lowest BCUT2D eigenvalue weighted by atomic mass is 10.3. The van der Waals surface area contributed by atoms with Crippen molar-refractivity contribution in [3.63, 3.8) is 0 Å². The Morgan fingerprint density at radius 1 is 1.13 bits per heavy atom. The van der Waals surface area contributed by atoms with Crippen molar-refractivity contribution >= 4 is 17.1 Å². The number of H-pyrrole nitrogens is 1. The molecule has 0 radical (unpaired) electrons. The Labute approximate surface area is 178 Å². The minimum Gasteiger partial charge on any atom is -0.477 e. The number of nitrogens with zero attached hydrogens (tertiary/aromatic N) is 4. The first-order chi connectivity index (χ1) is 15.0. The Balaban J connectivity index is 1.97. The van der Waals surface area contributed by atoms with Gasteiger partial charge in [0.15, 0.2) is 11.2 Å². The molecular weight excluding hydrogens is 402 g/mol. The molecule has 31 heavy (non-hydrogen) atoms. The Hall–Kier alpha value is -3.43. The number of aromatic nitrogens is 5. The topological polar surface area (TPSA) is 121 Å². The second kappa shape index (κ2) is 10.1. The molecule has 0 aliphatic carbocycles. The molecule has 0 saturated heterocycles. The quantitative estimate of drug-likeness (QED) is 0.491. The maximum Gasteiger partial charge on any atom is 0.344 e. The van der Waals surface area contributed by atoms with Crippen LogP contribution in [0.3, 0.4) is 0 Å². The van der Waals surface area contributed by atoms with Crippen LogP contribution in [0.4, 0.5) is 0 Å². The van der Waals surface area contributed by atoms with Gasteiger partial charge in [-0.2, -0.15) is 0 Å². The molecular formula is C21H27N5O5. The van der Waals surface area contributed by atoms with E-state index in [1.54, 1.807) is 23.6 Å². The van der Waals surface area contributed by atoms with Crippen molar-refractivity contribution in [3.05, 3.63) is 50.6 Å². The zero-order valence-electron chi connectivity index (χ0n) is 18.0. The highest BCUT2D eigenvalue weighted by atomic mass is 16.5. The van der Waals surface area contributed by atoms with Gasteiger partial charge >= 0.3 is 11.7 Å². The number of nitrogens with one attached hydrogen (secondary N) is 1. The number of imidazole rings is 1. The van der Waals surface area contributed by atoms with Gasteiger partial charge in [-0.15, -0.1) is 0 Å². The van der Waals surface area contributed by atoms with Crippen molar-refractivity contribution in [2.75, 3.05) is 6.61 Å². The summed E-state index contributed by atoms with van der Waals surface area (Å²) in [4.78, 5) is 48.5. The van der Waals surface area contributed by atoms with Crippen LogP contribution in [0.15, 0.2) is 27.9 Å². The first-order valence-corrected chi connectivity index (χ1v) is 10.5. The molecule has 3 heterocycles. The van der Waals surface area contributed by atoms with E-state index in [0.29, 0.717) is 36.7 Å². The van der Waals surface area contributed by atoms with Gasteiger partial charge in [0.05, 0.1) is 6.61 Å². The molecule has 3 aromatic heterocycles. The summed E-state index contributed by atoms with van der Waals surface area (Å²) in [5.74, 6) is -0.0146. The van der Waals surface area contributed by atoms with E-state index in [1.807, 2.05) is 13.8 Å². The fourth-order valence-electron chi connectivity index (χ4n) is 3.32. The predicted octanol–water partition coefficient (Wildman–Crippen LogP) is 2.25. The van der Waals surface area contributed by atoms with Crippen LogP contribution in [0.5, 0.6) is 5.88 Å². The van der Waals surface area contributed by atoms with Gasteiger partial charge in [0.2, 0.25) is 5.88 Å². The van der Waals surface area contributed by atoms with Crippen LogP contribution in [-0.4, -0.2) is 36.7 Å². The number of aromatic amines is 1. The van der Waals surface area contributed by atoms with Gasteiger partial charge in [-0.3, -0.25) is 14.3 Å². The van der Waals surface area contributed by atoms with E-state index in [1.165, 1.54) is 10.8 Å². The molecule has 1 N–H and O–H groups in total. The predicted molar refractivity (Wildman–Crippen MR) is 114 cm³/mol. The van der Waals surface area contributed by atoms with Crippen LogP contribution in [0.1, 0.15) is 56.2 Å². The highest BCUT2D eigenvalue weighted by molar-refractivity contribution is 5.91. The van der Waals surface area contributed by atoms with Gasteiger partial charge in [-0.1, -0.05) is 20.3 Å². The normalized spacial score (nSPS) is 11.1. The molecule has 0 aliphatic heterocycles. The minimum absolute atomic E-state index is 0.157. The van der Waals surface area contributed by atoms with Crippen molar-refractivity contribution in [2.45, 2.75) is 59.7 Å². The average Bonchev–Trinajstić information content (AvgIpc) is 3.11. The Morgan fingerprint density at radius 3 is 2.65 bits per heavy atom. The summed E-state index contributed by atoms with van der Waals surface area (Å²) < 4.78 is 14.0. The van der Waals surface area contributed by atoms with E-state index >= 15 is 0 Å². The molecule has 0 unspecified atom stereocenters. The van der Waals surface area contributed by atoms with Gasteiger partial charge in [-0.25, -0.2) is 19.6 Å². The second-order valence-corrected chi connectivity index (χ2v) is 6.98. The number of hydrogen-bond acceptors (Lipinski definition) is 7. The number of pyridine rings is 1. The molecule has 3 aromatic rings. The maximum absolute atomic E-state index is 12.6. The highest BCUT2D eigenvalue weighted by Crippen LogP contribution is 2.18. The smallest absolute Gasteiger partial charge is 0.344 e. The molecule has 166 valence electrons. The van der Waals surface area contributed by atoms with E-state index in [2.05, 4.69) is 15.0 Å². The average molecular weight is 429 g/mol. The Kier molecular flexibility index (Phi) is 7.22. The highest BCUT2D eigenvalue weighted by Gasteiger charge is 2.21. The monoisotopic (exact) mass is 429 g/mol. The van der Waals surface area contributed by atoms with Crippen LogP contribution in [-0.2, 0) is 24.4 Å². The third-order valence-corrected chi connectivity index (χ3v) is 4.75. The van der Waals surface area contributed by atoms with Crippen molar-refractivity contribution in [3.8, 4) is 5.88 Å². The van der Waals surface area contributed by atoms with Gasteiger partial charge in [-0.05, 0) is 31.9 Å². The summed E-state index contributed by atoms with van der Waals surface area (Å²) >= 11 is 0. The fraction of sp³-hybridized carbons (Fsp3) is 0.476. The van der Waals surface area contributed by atoms with Gasteiger partial charge in [0.1, 0.15) is 18.0 Å². The van der Waals surface area contributed by atoms with Crippen LogP contribution in [0, 0.1) is 0 Å². The molecule has 0 amide bonds. The first-order valence-electron chi connectivity index (χ1n) is 10.5. The lowest BCUT2D eigenvalue weighted by Gasteiger charge is -2.10. The molecule has 0 fully saturated rings. The Morgan fingerprint density at radius 2 is 1.94 bits per heavy atom. The maximum atomic E-state index is 12.6. The van der Waals surface area contributed by atoms with Crippen molar-refractivity contribution in [2.24, 2.45) is 0 Å². The number of rotatable bonds is 10. The molecule has 10 heteroatoms. The third-order valence-electron chi connectivity index (χ3n) is 4.75. The summed E-state index contributed by atoms with van der Waals surface area (Å²) in [5.41, 5.74) is -0.178.